The molecule has 0 spiro atoms. The fourth-order valence-electron chi connectivity index (χ4n) is 3.93. The summed E-state index contributed by atoms with van der Waals surface area (Å²) < 4.78 is 10.7. The van der Waals surface area contributed by atoms with Crippen LogP contribution in [0.3, 0.4) is 0 Å². The molecule has 0 saturated carbocycles. The van der Waals surface area contributed by atoms with Gasteiger partial charge in [0.2, 0.25) is 0 Å². The number of benzene rings is 2. The number of piperidine rings is 1. The highest BCUT2D eigenvalue weighted by Gasteiger charge is 2.21. The molecule has 0 aromatic heterocycles. The molecule has 1 aliphatic heterocycles. The van der Waals surface area contributed by atoms with Crippen LogP contribution in [0.5, 0.6) is 11.5 Å². The summed E-state index contributed by atoms with van der Waals surface area (Å²) in [5.41, 5.74) is 2.25. The Morgan fingerprint density at radius 2 is 1.83 bits per heavy atom. The molecule has 0 bridgehead atoms. The number of amides is 2. The molecule has 1 fully saturated rings. The first-order valence-electron chi connectivity index (χ1n) is 10.6. The molecule has 2 aromatic rings. The maximum atomic E-state index is 12.4. The van der Waals surface area contributed by atoms with E-state index in [1.807, 2.05) is 25.1 Å². The van der Waals surface area contributed by atoms with Crippen LogP contribution in [0.15, 0.2) is 48.5 Å². The van der Waals surface area contributed by atoms with Gasteiger partial charge in [0.15, 0.2) is 0 Å². The fraction of sp³-hybridized carbons (Fsp3) is 0.458. The number of likely N-dealkylation sites (tertiary alicyclic amines) is 1. The van der Waals surface area contributed by atoms with Gasteiger partial charge in [0.25, 0.3) is 0 Å². The summed E-state index contributed by atoms with van der Waals surface area (Å²) in [7, 11) is 3.25. The van der Waals surface area contributed by atoms with Crippen molar-refractivity contribution in [2.75, 3.05) is 33.9 Å². The predicted octanol–water partition coefficient (Wildman–Crippen LogP) is 3.98. The second-order valence-corrected chi connectivity index (χ2v) is 7.89. The number of rotatable bonds is 8. The molecule has 1 heterocycles. The summed E-state index contributed by atoms with van der Waals surface area (Å²) in [6, 6.07) is 15.8. The molecule has 2 aromatic carbocycles. The molecule has 2 N–H and O–H groups in total. The quantitative estimate of drug-likeness (QED) is 0.690. The molecule has 0 aliphatic carbocycles. The standard InChI is InChI=1S/C24H33N3O3/c1-18(22-15-21(29-2)9-10-23(22)30-3)26-24(28)25-16-19-11-13-27(14-12-19)17-20-7-5-4-6-8-20/h4-10,15,18-19H,11-14,16-17H2,1-3H3,(H2,25,26,28). The van der Waals surface area contributed by atoms with Gasteiger partial charge in [-0.05, 0) is 62.5 Å². The summed E-state index contributed by atoms with van der Waals surface area (Å²) in [6.45, 7) is 5.79. The van der Waals surface area contributed by atoms with Gasteiger partial charge < -0.3 is 20.1 Å². The van der Waals surface area contributed by atoms with E-state index in [9.17, 15) is 4.79 Å². The van der Waals surface area contributed by atoms with Gasteiger partial charge in [-0.1, -0.05) is 30.3 Å². The zero-order chi connectivity index (χ0) is 21.3. The Morgan fingerprint density at radius 3 is 2.50 bits per heavy atom. The lowest BCUT2D eigenvalue weighted by Gasteiger charge is -2.32. The third kappa shape index (κ3) is 6.13. The third-order valence-electron chi connectivity index (χ3n) is 5.76. The number of methoxy groups -OCH3 is 2. The lowest BCUT2D eigenvalue weighted by atomic mass is 9.96. The molecule has 2 amide bonds. The van der Waals surface area contributed by atoms with Crippen molar-refractivity contribution in [2.24, 2.45) is 5.92 Å². The Balaban J connectivity index is 1.42. The van der Waals surface area contributed by atoms with Crippen LogP contribution in [0.2, 0.25) is 0 Å². The molecular formula is C24H33N3O3. The monoisotopic (exact) mass is 411 g/mol. The van der Waals surface area contributed by atoms with Crippen molar-refractivity contribution in [1.29, 1.82) is 0 Å². The summed E-state index contributed by atoms with van der Waals surface area (Å²) in [5, 5.41) is 6.05. The molecule has 1 unspecified atom stereocenters. The Bertz CT molecular complexity index is 805. The van der Waals surface area contributed by atoms with Gasteiger partial charge in [-0.15, -0.1) is 0 Å². The van der Waals surface area contributed by atoms with E-state index in [0.29, 0.717) is 12.5 Å². The maximum absolute atomic E-state index is 12.4. The lowest BCUT2D eigenvalue weighted by molar-refractivity contribution is 0.174. The fourth-order valence-corrected chi connectivity index (χ4v) is 3.93. The smallest absolute Gasteiger partial charge is 0.315 e. The summed E-state index contributed by atoms with van der Waals surface area (Å²) in [6.07, 6.45) is 2.21. The minimum Gasteiger partial charge on any atom is -0.497 e. The molecule has 30 heavy (non-hydrogen) atoms. The first kappa shape index (κ1) is 22.0. The minimum absolute atomic E-state index is 0.154. The highest BCUT2D eigenvalue weighted by atomic mass is 16.5. The van der Waals surface area contributed by atoms with E-state index in [0.717, 1.165) is 49.5 Å². The van der Waals surface area contributed by atoms with Crippen molar-refractivity contribution >= 4 is 6.03 Å². The van der Waals surface area contributed by atoms with Gasteiger partial charge in [0, 0.05) is 18.7 Å². The van der Waals surface area contributed by atoms with Crippen LogP contribution in [0.1, 0.15) is 36.9 Å². The van der Waals surface area contributed by atoms with Crippen LogP contribution in [-0.4, -0.2) is 44.8 Å². The number of carbonyl (C=O) groups excluding carboxylic acids is 1. The van der Waals surface area contributed by atoms with Gasteiger partial charge >= 0.3 is 6.03 Å². The summed E-state index contributed by atoms with van der Waals surface area (Å²) in [5.74, 6) is 1.99. The van der Waals surface area contributed by atoms with Crippen LogP contribution < -0.4 is 20.1 Å². The van der Waals surface area contributed by atoms with Crippen molar-refractivity contribution in [3.05, 3.63) is 59.7 Å². The third-order valence-corrected chi connectivity index (χ3v) is 5.76. The first-order chi connectivity index (χ1) is 14.6. The molecular weight excluding hydrogens is 378 g/mol. The molecule has 1 atom stereocenters. The predicted molar refractivity (Wildman–Crippen MR) is 119 cm³/mol. The van der Waals surface area contributed by atoms with Gasteiger partial charge in [-0.3, -0.25) is 4.90 Å². The summed E-state index contributed by atoms with van der Waals surface area (Å²) in [4.78, 5) is 14.9. The zero-order valence-corrected chi connectivity index (χ0v) is 18.2. The van der Waals surface area contributed by atoms with E-state index in [-0.39, 0.29) is 12.1 Å². The van der Waals surface area contributed by atoms with Crippen molar-refractivity contribution < 1.29 is 14.3 Å². The van der Waals surface area contributed by atoms with Crippen molar-refractivity contribution in [3.63, 3.8) is 0 Å². The SMILES string of the molecule is COc1ccc(OC)c(C(C)NC(=O)NCC2CCN(Cc3ccccc3)CC2)c1. The van der Waals surface area contributed by atoms with Gasteiger partial charge in [0.1, 0.15) is 11.5 Å². The molecule has 162 valence electrons. The Kier molecular flexibility index (Phi) is 7.97. The average molecular weight is 412 g/mol. The van der Waals surface area contributed by atoms with Crippen LogP contribution in [-0.2, 0) is 6.54 Å². The Morgan fingerprint density at radius 1 is 1.10 bits per heavy atom. The summed E-state index contributed by atoms with van der Waals surface area (Å²) >= 11 is 0. The van der Waals surface area contributed by atoms with E-state index in [4.69, 9.17) is 9.47 Å². The number of carbonyl (C=O) groups is 1. The zero-order valence-electron chi connectivity index (χ0n) is 18.2. The van der Waals surface area contributed by atoms with Gasteiger partial charge in [0.05, 0.1) is 20.3 Å². The van der Waals surface area contributed by atoms with Crippen molar-refractivity contribution in [3.8, 4) is 11.5 Å². The van der Waals surface area contributed by atoms with E-state index in [2.05, 4.69) is 45.9 Å². The molecule has 0 radical (unpaired) electrons. The maximum Gasteiger partial charge on any atom is 0.315 e. The topological polar surface area (TPSA) is 62.8 Å². The second kappa shape index (κ2) is 10.9. The van der Waals surface area contributed by atoms with E-state index < -0.39 is 0 Å². The number of hydrogen-bond acceptors (Lipinski definition) is 4. The number of ether oxygens (including phenoxy) is 2. The molecule has 3 rings (SSSR count). The van der Waals surface area contributed by atoms with Crippen LogP contribution >= 0.6 is 0 Å². The van der Waals surface area contributed by atoms with E-state index in [1.54, 1.807) is 14.2 Å². The van der Waals surface area contributed by atoms with Gasteiger partial charge in [-0.25, -0.2) is 4.79 Å². The van der Waals surface area contributed by atoms with E-state index in [1.165, 1.54) is 5.56 Å². The van der Waals surface area contributed by atoms with Crippen molar-refractivity contribution in [2.45, 2.75) is 32.4 Å². The lowest BCUT2D eigenvalue weighted by Crippen LogP contribution is -2.42. The van der Waals surface area contributed by atoms with Gasteiger partial charge in [-0.2, -0.15) is 0 Å². The van der Waals surface area contributed by atoms with Crippen molar-refractivity contribution in [1.82, 2.24) is 15.5 Å². The second-order valence-electron chi connectivity index (χ2n) is 7.89. The minimum atomic E-state index is -0.192. The number of nitrogens with zero attached hydrogens (tertiary/aromatic N) is 1. The number of urea groups is 1. The highest BCUT2D eigenvalue weighted by molar-refractivity contribution is 5.74. The Hall–Kier alpha value is -2.73. The number of hydrogen-bond donors (Lipinski definition) is 2. The van der Waals surface area contributed by atoms with E-state index >= 15 is 0 Å². The van der Waals surface area contributed by atoms with Crippen LogP contribution in [0.25, 0.3) is 0 Å². The normalized spacial score (nSPS) is 16.0. The molecule has 1 aliphatic rings. The molecule has 6 nitrogen and oxygen atoms in total. The Labute approximate surface area is 179 Å². The number of nitrogens with one attached hydrogen (secondary N) is 2. The molecule has 6 heteroatoms. The molecule has 1 saturated heterocycles. The first-order valence-corrected chi connectivity index (χ1v) is 10.6. The highest BCUT2D eigenvalue weighted by Crippen LogP contribution is 2.29. The largest absolute Gasteiger partial charge is 0.497 e. The van der Waals surface area contributed by atoms with Crippen LogP contribution in [0.4, 0.5) is 4.79 Å². The average Bonchev–Trinajstić information content (AvgIpc) is 2.78. The van der Waals surface area contributed by atoms with Crippen LogP contribution in [0, 0.1) is 5.92 Å².